The summed E-state index contributed by atoms with van der Waals surface area (Å²) in [5, 5.41) is 4.98. The molecule has 0 spiro atoms. The summed E-state index contributed by atoms with van der Waals surface area (Å²) in [4.78, 5) is 13.1. The Balaban J connectivity index is 1.60. The summed E-state index contributed by atoms with van der Waals surface area (Å²) in [6.45, 7) is 0.506. The molecule has 3 aromatic rings. The smallest absolute Gasteiger partial charge is 0.263 e. The Bertz CT molecular complexity index is 1020. The van der Waals surface area contributed by atoms with Gasteiger partial charge in [-0.1, -0.05) is 41.9 Å². The number of halogens is 1. The Morgan fingerprint density at radius 2 is 1.74 bits per heavy atom. The molecule has 0 saturated carbocycles. The quantitative estimate of drug-likeness (QED) is 0.605. The van der Waals surface area contributed by atoms with Gasteiger partial charge in [-0.25, -0.2) is 8.42 Å². The third-order valence-corrected chi connectivity index (χ3v) is 6.49. The molecule has 3 rings (SSSR count). The fourth-order valence-electron chi connectivity index (χ4n) is 2.41. The molecular formula is C19H17ClN2O3S2. The maximum atomic E-state index is 12.4. The Kier molecular flexibility index (Phi) is 6.15. The molecule has 0 aliphatic rings. The summed E-state index contributed by atoms with van der Waals surface area (Å²) in [6.07, 6.45) is 0.225. The van der Waals surface area contributed by atoms with E-state index >= 15 is 0 Å². The number of rotatable bonds is 7. The molecule has 0 bridgehead atoms. The van der Waals surface area contributed by atoms with Crippen molar-refractivity contribution < 1.29 is 13.2 Å². The van der Waals surface area contributed by atoms with Crippen LogP contribution in [-0.4, -0.2) is 14.3 Å². The van der Waals surface area contributed by atoms with Crippen LogP contribution in [0, 0.1) is 0 Å². The van der Waals surface area contributed by atoms with Gasteiger partial charge in [0, 0.05) is 10.6 Å². The van der Waals surface area contributed by atoms with Crippen molar-refractivity contribution in [2.24, 2.45) is 0 Å². The fourth-order valence-corrected chi connectivity index (χ4v) is 4.63. The number of hydrogen-bond acceptors (Lipinski definition) is 4. The van der Waals surface area contributed by atoms with Crippen molar-refractivity contribution >= 4 is 44.6 Å². The molecule has 0 aliphatic heterocycles. The first-order valence-corrected chi connectivity index (χ1v) is 10.8. The number of hydrogen-bond donors (Lipinski definition) is 2. The van der Waals surface area contributed by atoms with Crippen molar-refractivity contribution in [3.8, 4) is 0 Å². The first kappa shape index (κ1) is 19.4. The first-order valence-electron chi connectivity index (χ1n) is 8.09. The molecule has 0 unspecified atom stereocenters. The van der Waals surface area contributed by atoms with E-state index < -0.39 is 10.0 Å². The second kappa shape index (κ2) is 8.56. The van der Waals surface area contributed by atoms with E-state index in [0.29, 0.717) is 12.2 Å². The van der Waals surface area contributed by atoms with E-state index in [1.54, 1.807) is 47.7 Å². The third-order valence-electron chi connectivity index (χ3n) is 3.74. The minimum Gasteiger partial charge on any atom is -0.351 e. The van der Waals surface area contributed by atoms with Gasteiger partial charge in [0.2, 0.25) is 5.91 Å². The van der Waals surface area contributed by atoms with Crippen LogP contribution in [0.1, 0.15) is 10.4 Å². The summed E-state index contributed by atoms with van der Waals surface area (Å²) in [5.74, 6) is -0.0900. The van der Waals surface area contributed by atoms with Crippen LogP contribution in [0.15, 0.2) is 70.9 Å². The summed E-state index contributed by atoms with van der Waals surface area (Å²) in [5.41, 5.74) is 1.19. The number of carbonyl (C=O) groups is 1. The Hall–Kier alpha value is -2.35. The van der Waals surface area contributed by atoms with Crippen LogP contribution in [0.4, 0.5) is 5.69 Å². The highest BCUT2D eigenvalue weighted by Crippen LogP contribution is 2.23. The molecule has 27 heavy (non-hydrogen) atoms. The van der Waals surface area contributed by atoms with Gasteiger partial charge in [0.05, 0.1) is 18.0 Å². The van der Waals surface area contributed by atoms with Gasteiger partial charge in [0.15, 0.2) is 0 Å². The average molecular weight is 421 g/mol. The predicted molar refractivity (Wildman–Crippen MR) is 109 cm³/mol. The number of sulfonamides is 1. The molecule has 2 N–H and O–H groups in total. The van der Waals surface area contributed by atoms with Crippen molar-refractivity contribution in [2.75, 3.05) is 4.72 Å². The third kappa shape index (κ3) is 5.32. The number of nitrogens with one attached hydrogen (secondary N) is 2. The second-order valence-electron chi connectivity index (χ2n) is 5.77. The highest BCUT2D eigenvalue weighted by Gasteiger charge is 2.17. The van der Waals surface area contributed by atoms with Crippen molar-refractivity contribution in [3.05, 3.63) is 81.5 Å². The molecule has 0 radical (unpaired) electrons. The lowest BCUT2D eigenvalue weighted by molar-refractivity contribution is -0.120. The number of thiophene rings is 1. The van der Waals surface area contributed by atoms with Crippen molar-refractivity contribution in [2.45, 2.75) is 17.9 Å². The van der Waals surface area contributed by atoms with Crippen molar-refractivity contribution in [1.82, 2.24) is 5.32 Å². The van der Waals surface area contributed by atoms with E-state index in [4.69, 9.17) is 11.6 Å². The normalized spacial score (nSPS) is 11.1. The van der Waals surface area contributed by atoms with Crippen LogP contribution < -0.4 is 10.0 Å². The van der Waals surface area contributed by atoms with Gasteiger partial charge < -0.3 is 5.32 Å². The molecular weight excluding hydrogens is 404 g/mol. The molecule has 1 amide bonds. The van der Waals surface area contributed by atoms with Crippen LogP contribution >= 0.6 is 22.9 Å². The molecule has 1 aromatic heterocycles. The van der Waals surface area contributed by atoms with Crippen LogP contribution in [0.3, 0.4) is 0 Å². The lowest BCUT2D eigenvalue weighted by atomic mass is 10.1. The van der Waals surface area contributed by atoms with Crippen molar-refractivity contribution in [1.29, 1.82) is 0 Å². The highest BCUT2D eigenvalue weighted by atomic mass is 35.5. The molecule has 0 saturated heterocycles. The monoisotopic (exact) mass is 420 g/mol. The van der Waals surface area contributed by atoms with Crippen molar-refractivity contribution in [3.63, 3.8) is 0 Å². The molecule has 8 heteroatoms. The summed E-state index contributed by atoms with van der Waals surface area (Å²) < 4.78 is 27.3. The predicted octanol–water partition coefficient (Wildman–Crippen LogP) is 4.06. The standard InChI is InChI=1S/C19H17ClN2O3S2/c20-17-5-1-2-6-18(17)27(24,25)22-15-9-7-14(8-10-15)12-19(23)21-13-16-4-3-11-26-16/h1-11,22H,12-13H2,(H,21,23). The summed E-state index contributed by atoms with van der Waals surface area (Å²) in [6, 6.07) is 16.8. The lowest BCUT2D eigenvalue weighted by Gasteiger charge is -2.10. The van der Waals surface area contributed by atoms with E-state index in [1.807, 2.05) is 17.5 Å². The average Bonchev–Trinajstić information content (AvgIpc) is 3.15. The molecule has 0 aliphatic carbocycles. The van der Waals surface area contributed by atoms with Gasteiger partial charge in [-0.15, -0.1) is 11.3 Å². The maximum absolute atomic E-state index is 12.4. The zero-order valence-electron chi connectivity index (χ0n) is 14.2. The number of anilines is 1. The SMILES string of the molecule is O=C(Cc1ccc(NS(=O)(=O)c2ccccc2Cl)cc1)NCc1cccs1. The number of benzene rings is 2. The maximum Gasteiger partial charge on any atom is 0.263 e. The summed E-state index contributed by atoms with van der Waals surface area (Å²) in [7, 11) is -3.77. The highest BCUT2D eigenvalue weighted by molar-refractivity contribution is 7.92. The Morgan fingerprint density at radius 3 is 2.41 bits per heavy atom. The first-order chi connectivity index (χ1) is 12.9. The Morgan fingerprint density at radius 1 is 1.00 bits per heavy atom. The van der Waals surface area contributed by atoms with E-state index in [0.717, 1.165) is 10.4 Å². The van der Waals surface area contributed by atoms with Crippen LogP contribution in [0.25, 0.3) is 0 Å². The van der Waals surface area contributed by atoms with Gasteiger partial charge in [-0.3, -0.25) is 9.52 Å². The molecule has 2 aromatic carbocycles. The van der Waals surface area contributed by atoms with E-state index in [9.17, 15) is 13.2 Å². The van der Waals surface area contributed by atoms with E-state index in [1.165, 1.54) is 12.1 Å². The number of carbonyl (C=O) groups excluding carboxylic acids is 1. The zero-order valence-corrected chi connectivity index (χ0v) is 16.6. The van der Waals surface area contributed by atoms with Crippen LogP contribution in [0.2, 0.25) is 5.02 Å². The summed E-state index contributed by atoms with van der Waals surface area (Å²) >= 11 is 7.55. The van der Waals surface area contributed by atoms with E-state index in [2.05, 4.69) is 10.0 Å². The second-order valence-corrected chi connectivity index (χ2v) is 8.86. The van der Waals surface area contributed by atoms with Gasteiger partial charge in [0.1, 0.15) is 4.90 Å². The largest absolute Gasteiger partial charge is 0.351 e. The molecule has 0 fully saturated rings. The Labute approximate surface area is 167 Å². The fraction of sp³-hybridized carbons (Fsp3) is 0.105. The minimum absolute atomic E-state index is 0.0173. The molecule has 5 nitrogen and oxygen atoms in total. The molecule has 140 valence electrons. The van der Waals surface area contributed by atoms with Gasteiger partial charge in [-0.2, -0.15) is 0 Å². The van der Waals surface area contributed by atoms with Crippen LogP contribution in [-0.2, 0) is 27.8 Å². The number of amides is 1. The molecule has 0 atom stereocenters. The topological polar surface area (TPSA) is 75.3 Å². The van der Waals surface area contributed by atoms with Gasteiger partial charge in [-0.05, 0) is 41.3 Å². The minimum atomic E-state index is -3.77. The van der Waals surface area contributed by atoms with E-state index in [-0.39, 0.29) is 22.2 Å². The zero-order chi connectivity index (χ0) is 19.3. The van der Waals surface area contributed by atoms with Gasteiger partial charge >= 0.3 is 0 Å². The van der Waals surface area contributed by atoms with Gasteiger partial charge in [0.25, 0.3) is 10.0 Å². The van der Waals surface area contributed by atoms with Crippen LogP contribution in [0.5, 0.6) is 0 Å². The lowest BCUT2D eigenvalue weighted by Crippen LogP contribution is -2.24. The molecule has 1 heterocycles.